The van der Waals surface area contributed by atoms with E-state index in [-0.39, 0.29) is 22.3 Å². The van der Waals surface area contributed by atoms with Crippen LogP contribution in [0.3, 0.4) is 0 Å². The van der Waals surface area contributed by atoms with E-state index in [2.05, 4.69) is 112 Å². The number of nitrogens with zero attached hydrogens (tertiary/aromatic N) is 1. The van der Waals surface area contributed by atoms with Crippen LogP contribution >= 0.6 is 11.1 Å². The summed E-state index contributed by atoms with van der Waals surface area (Å²) in [5.74, 6) is -0.936. The van der Waals surface area contributed by atoms with Gasteiger partial charge < -0.3 is 50.0 Å². The van der Waals surface area contributed by atoms with Gasteiger partial charge in [0.25, 0.3) is 11.9 Å². The highest BCUT2D eigenvalue weighted by molar-refractivity contribution is 7.21. The van der Waals surface area contributed by atoms with Crippen molar-refractivity contribution >= 4 is 116 Å². The lowest BCUT2D eigenvalue weighted by atomic mass is 10.2. The zero-order valence-corrected chi connectivity index (χ0v) is 58.3. The molecular formula is C43H108ClNO14Si11. The fourth-order valence-corrected chi connectivity index (χ4v) is 53.2. The molecule has 0 aliphatic carbocycles. The second-order valence-electron chi connectivity index (χ2n) is 20.0. The molecule has 0 spiro atoms. The van der Waals surface area contributed by atoms with E-state index in [1.807, 2.05) is 70.2 Å². The Kier molecular flexibility index (Phi) is 35.8. The van der Waals surface area contributed by atoms with Crippen molar-refractivity contribution in [1.82, 2.24) is 4.90 Å². The Morgan fingerprint density at radius 3 is 0.814 bits per heavy atom. The van der Waals surface area contributed by atoms with Gasteiger partial charge in [0.05, 0.1) is 0 Å². The van der Waals surface area contributed by atoms with E-state index in [4.69, 9.17) is 61.1 Å². The summed E-state index contributed by atoms with van der Waals surface area (Å²) in [7, 11) is -29.2. The molecule has 2 fully saturated rings. The molecule has 0 unspecified atom stereocenters. The molecule has 2 aliphatic rings. The van der Waals surface area contributed by atoms with E-state index in [0.29, 0.717) is 24.2 Å². The van der Waals surface area contributed by atoms with Gasteiger partial charge in [-0.2, -0.15) is 11.1 Å². The highest BCUT2D eigenvalue weighted by Crippen LogP contribution is 2.38. The largest absolute Gasteiger partial charge is 0.546 e. The van der Waals surface area contributed by atoms with E-state index in [1.54, 1.807) is 13.1 Å². The van der Waals surface area contributed by atoms with E-state index in [1.165, 1.54) is 13.8 Å². The molecule has 0 N–H and O–H groups in total. The summed E-state index contributed by atoms with van der Waals surface area (Å²) in [4.78, 5) is 25.5. The van der Waals surface area contributed by atoms with E-state index in [9.17, 15) is 9.59 Å². The summed E-state index contributed by atoms with van der Waals surface area (Å²) in [6.07, 6.45) is 0. The number of rotatable bonds is 16. The van der Waals surface area contributed by atoms with Crippen LogP contribution in [0.2, 0.25) is 116 Å². The molecule has 0 atom stereocenters. The number of carbonyl (C=O) groups excluding carboxylic acids is 2. The predicted octanol–water partition coefficient (Wildman–Crippen LogP) is 14.0. The molecule has 27 heteroatoms. The van der Waals surface area contributed by atoms with Crippen LogP contribution < -0.4 is 0 Å². The first-order valence-electron chi connectivity index (χ1n) is 23.7. The number of carbonyl (C=O) groups is 2. The standard InChI is InChI=1S/C16H40O6Si6.C12H28O8Si4.C8H19N.C4H9ClSi.3CH4/c1-13-23(5,6)17-27(11)19-25(9,15-3)21-28(12,18-24(7,8)14-2)22-26(10,16-4)20-27;1-9-21(5)17-23(7,15-11(3)13)19-22(6,10-2)20-24(8,18-21)16-12(4)14;1-6-9(7(2)3)8(4)5;1-4-6(2,3)5;;;/h13-14H,1-2,15-16H2,3-12H3;9-10H2,1-8H3;7-8H,6H2,1-5H3;4H,1H2,2-3H3;3*1H4. The van der Waals surface area contributed by atoms with Crippen molar-refractivity contribution in [3.63, 3.8) is 0 Å². The Morgan fingerprint density at radius 1 is 0.500 bits per heavy atom. The Labute approximate surface area is 447 Å². The second-order valence-corrected chi connectivity index (χ2v) is 61.1. The molecule has 0 aromatic rings. The van der Waals surface area contributed by atoms with Crippen molar-refractivity contribution in [2.45, 2.75) is 226 Å². The average molecular weight is 1210 g/mol. The molecule has 0 aromatic heterocycles. The van der Waals surface area contributed by atoms with Crippen molar-refractivity contribution in [3.8, 4) is 0 Å². The number of hydrogen-bond donors (Lipinski definition) is 0. The third-order valence-corrected chi connectivity index (χ3v) is 53.2. The van der Waals surface area contributed by atoms with E-state index >= 15 is 0 Å². The summed E-state index contributed by atoms with van der Waals surface area (Å²) in [6.45, 7) is 62.0. The van der Waals surface area contributed by atoms with Crippen LogP contribution in [0.4, 0.5) is 0 Å². The van der Waals surface area contributed by atoms with Crippen LogP contribution in [0, 0.1) is 0 Å². The van der Waals surface area contributed by atoms with Crippen molar-refractivity contribution < 1.29 is 59.6 Å². The maximum absolute atomic E-state index is 11.5. The van der Waals surface area contributed by atoms with Crippen LogP contribution in [0.1, 0.15) is 98.4 Å². The molecular weight excluding hydrogens is 1100 g/mol. The molecule has 0 aromatic carbocycles. The fourth-order valence-electron chi connectivity index (χ4n) is 6.94. The third-order valence-electron chi connectivity index (χ3n) is 10.5. The molecule has 0 bridgehead atoms. The van der Waals surface area contributed by atoms with Gasteiger partial charge in [0.2, 0.25) is 16.6 Å². The van der Waals surface area contributed by atoms with Crippen LogP contribution in [-0.4, -0.2) is 129 Å². The van der Waals surface area contributed by atoms with Crippen molar-refractivity contribution in [2.24, 2.45) is 0 Å². The quantitative estimate of drug-likeness (QED) is 0.107. The van der Waals surface area contributed by atoms with Gasteiger partial charge in [0, 0.05) is 52.1 Å². The van der Waals surface area contributed by atoms with Crippen LogP contribution in [-0.2, 0) is 59.6 Å². The SMILES string of the molecule is C.C.C.C=C[Si](C)(C)Cl.C=C[Si](C)(C)O[Si]1(C)O[Si](C)(CC)O[Si](C)(O[Si](C)(C)C=C)O[Si](C)(CC)O1.CCN(C(C)C)C(C)C.CC[Si]1(C)O[Si](C)(OC(C)=O)O[Si](C)(CC)O[Si](C)(OC(C)=O)O1. The minimum atomic E-state index is -3.29. The highest BCUT2D eigenvalue weighted by atomic mass is 35.6. The minimum absolute atomic E-state index is 0. The lowest BCUT2D eigenvalue weighted by Gasteiger charge is -2.50. The summed E-state index contributed by atoms with van der Waals surface area (Å²) in [5, 5.41) is 0. The maximum Gasteiger partial charge on any atom is 0.546 e. The molecule has 0 radical (unpaired) electrons. The minimum Gasteiger partial charge on any atom is -0.475 e. The van der Waals surface area contributed by atoms with Gasteiger partial charge in [-0.25, -0.2) is 0 Å². The first-order valence-corrected chi connectivity index (χ1v) is 52.7. The molecule has 70 heavy (non-hydrogen) atoms. The zero-order valence-electron chi connectivity index (χ0n) is 46.6. The van der Waals surface area contributed by atoms with Gasteiger partial charge >= 0.3 is 69.5 Å². The summed E-state index contributed by atoms with van der Waals surface area (Å²) in [6, 6.07) is 4.03. The predicted molar refractivity (Wildman–Crippen MR) is 321 cm³/mol. The maximum atomic E-state index is 11.5. The molecule has 2 saturated heterocycles. The second kappa shape index (κ2) is 31.6. The van der Waals surface area contributed by atoms with Gasteiger partial charge in [0.15, 0.2) is 7.38 Å². The number of halogens is 1. The van der Waals surface area contributed by atoms with Crippen molar-refractivity contribution in [2.75, 3.05) is 6.54 Å². The monoisotopic (exact) mass is 1210 g/mol. The van der Waals surface area contributed by atoms with Gasteiger partial charge in [-0.15, -0.1) is 19.7 Å². The smallest absolute Gasteiger partial charge is 0.475 e. The average Bonchev–Trinajstić information content (AvgIpc) is 3.12. The van der Waals surface area contributed by atoms with Crippen LogP contribution in [0.5, 0.6) is 0 Å². The summed E-state index contributed by atoms with van der Waals surface area (Å²) >= 11 is 5.74. The molecule has 420 valence electrons. The van der Waals surface area contributed by atoms with E-state index < -0.39 is 105 Å². The Morgan fingerprint density at radius 2 is 0.700 bits per heavy atom. The van der Waals surface area contributed by atoms with Gasteiger partial charge in [0.1, 0.15) is 0 Å². The molecule has 2 heterocycles. The van der Waals surface area contributed by atoms with Gasteiger partial charge in [-0.1, -0.05) is 87.1 Å². The fraction of sp³-hybridized carbons (Fsp3) is 0.814. The third kappa shape index (κ3) is 30.2. The van der Waals surface area contributed by atoms with Crippen molar-refractivity contribution in [1.29, 1.82) is 0 Å². The highest BCUT2D eigenvalue weighted by Gasteiger charge is 2.62. The first kappa shape index (κ1) is 79.3. The molecule has 2 rings (SSSR count). The zero-order chi connectivity index (χ0) is 53.5. The normalized spacial score (nSPS) is 31.4. The molecule has 15 nitrogen and oxygen atoms in total. The van der Waals surface area contributed by atoms with E-state index in [0.717, 1.165) is 18.6 Å². The summed E-state index contributed by atoms with van der Waals surface area (Å²) < 4.78 is 75.4. The van der Waals surface area contributed by atoms with Crippen LogP contribution in [0.15, 0.2) is 36.8 Å². The van der Waals surface area contributed by atoms with Crippen LogP contribution in [0.25, 0.3) is 0 Å². The lowest BCUT2D eigenvalue weighted by molar-refractivity contribution is -0.135. The number of hydrogen-bond acceptors (Lipinski definition) is 15. The Balaban J connectivity index is -0.000000303. The first-order chi connectivity index (χ1) is 29.9. The van der Waals surface area contributed by atoms with Crippen molar-refractivity contribution in [3.05, 3.63) is 36.8 Å². The molecule has 2 aliphatic heterocycles. The van der Waals surface area contributed by atoms with Gasteiger partial charge in [-0.3, -0.25) is 14.5 Å². The molecule has 0 amide bonds. The topological polar surface area (TPSA) is 148 Å². The summed E-state index contributed by atoms with van der Waals surface area (Å²) in [5.41, 5.74) is 5.66. The molecule has 0 saturated carbocycles. The Hall–Kier alpha value is 0.396. The Bertz CT molecular complexity index is 1470. The van der Waals surface area contributed by atoms with Gasteiger partial charge in [-0.05, 0) is 111 Å². The lowest BCUT2D eigenvalue weighted by Crippen LogP contribution is -2.71.